The Morgan fingerprint density at radius 2 is 1.83 bits per heavy atom. The van der Waals surface area contributed by atoms with Gasteiger partial charge in [0, 0.05) is 37.7 Å². The highest BCUT2D eigenvalue weighted by Crippen LogP contribution is 2.31. The molecule has 29 heavy (non-hydrogen) atoms. The second-order valence-electron chi connectivity index (χ2n) is 7.82. The van der Waals surface area contributed by atoms with E-state index in [0.717, 1.165) is 46.8 Å². The number of nitrogens with zero attached hydrogens (tertiary/aromatic N) is 1. The molecule has 1 aromatic heterocycles. The van der Waals surface area contributed by atoms with Crippen LogP contribution in [0.3, 0.4) is 0 Å². The zero-order valence-corrected chi connectivity index (χ0v) is 17.8. The van der Waals surface area contributed by atoms with Gasteiger partial charge in [0.15, 0.2) is 0 Å². The topological polar surface area (TPSA) is 33.5 Å². The maximum atomic E-state index is 11.0. The van der Waals surface area contributed by atoms with E-state index < -0.39 is 0 Å². The van der Waals surface area contributed by atoms with Gasteiger partial charge in [0.2, 0.25) is 0 Å². The van der Waals surface area contributed by atoms with E-state index >= 15 is 0 Å². The van der Waals surface area contributed by atoms with Crippen LogP contribution in [0.15, 0.2) is 59.9 Å². The molecule has 150 valence electrons. The summed E-state index contributed by atoms with van der Waals surface area (Å²) in [6.45, 7) is 8.32. The first-order valence-corrected chi connectivity index (χ1v) is 9.96. The molecule has 0 fully saturated rings. The van der Waals surface area contributed by atoms with Gasteiger partial charge in [-0.2, -0.15) is 0 Å². The second-order valence-corrected chi connectivity index (χ2v) is 7.82. The number of hydrogen-bond donors (Lipinski definition) is 0. The number of furan rings is 1. The number of aryl methyl sites for hydroxylation is 4. The minimum absolute atomic E-state index is 0.356. The molecule has 0 unspecified atom stereocenters. The summed E-state index contributed by atoms with van der Waals surface area (Å²) in [5.41, 5.74) is 9.14. The van der Waals surface area contributed by atoms with Crippen LogP contribution in [-0.4, -0.2) is 25.3 Å². The molecule has 0 saturated heterocycles. The highest BCUT2D eigenvalue weighted by molar-refractivity contribution is 5.89. The van der Waals surface area contributed by atoms with Gasteiger partial charge in [-0.15, -0.1) is 0 Å². The van der Waals surface area contributed by atoms with Crippen LogP contribution in [0.4, 0.5) is 0 Å². The molecule has 3 aromatic rings. The van der Waals surface area contributed by atoms with Crippen molar-refractivity contribution < 1.29 is 9.21 Å². The molecule has 0 radical (unpaired) electrons. The highest BCUT2D eigenvalue weighted by Gasteiger charge is 2.14. The van der Waals surface area contributed by atoms with Crippen molar-refractivity contribution in [1.82, 2.24) is 4.90 Å². The maximum Gasteiger partial charge on any atom is 0.134 e. The van der Waals surface area contributed by atoms with Crippen molar-refractivity contribution in [2.75, 3.05) is 14.1 Å². The van der Waals surface area contributed by atoms with Crippen LogP contribution in [0, 0.1) is 13.8 Å². The molecule has 2 aromatic carbocycles. The predicted octanol–water partition coefficient (Wildman–Crippen LogP) is 5.66. The van der Waals surface area contributed by atoms with E-state index in [1.807, 2.05) is 25.1 Å². The molecule has 3 nitrogen and oxygen atoms in total. The van der Waals surface area contributed by atoms with Crippen molar-refractivity contribution in [3.8, 4) is 0 Å². The fraction of sp³-hybridized carbons (Fsp3) is 0.269. The van der Waals surface area contributed by atoms with E-state index in [1.54, 1.807) is 6.26 Å². The summed E-state index contributed by atoms with van der Waals surface area (Å²) in [7, 11) is 4.01. The van der Waals surface area contributed by atoms with Crippen molar-refractivity contribution in [3.63, 3.8) is 0 Å². The summed E-state index contributed by atoms with van der Waals surface area (Å²) < 4.78 is 5.77. The van der Waals surface area contributed by atoms with Crippen molar-refractivity contribution in [2.45, 2.75) is 33.1 Å². The third-order valence-corrected chi connectivity index (χ3v) is 5.27. The number of allylic oxidation sites excluding steroid dienone is 2. The average molecular weight is 388 g/mol. The van der Waals surface area contributed by atoms with Crippen LogP contribution in [0.2, 0.25) is 0 Å². The van der Waals surface area contributed by atoms with Crippen LogP contribution in [0.5, 0.6) is 0 Å². The van der Waals surface area contributed by atoms with E-state index in [1.165, 1.54) is 22.3 Å². The van der Waals surface area contributed by atoms with Gasteiger partial charge in [0.25, 0.3) is 0 Å². The molecule has 0 atom stereocenters. The Hall–Kier alpha value is -3.07. The Balaban J connectivity index is 2.06. The number of carbonyl (C=O) groups is 1. The maximum absolute atomic E-state index is 11.0. The lowest BCUT2D eigenvalue weighted by Crippen LogP contribution is -2.04. The molecule has 0 aliphatic rings. The Labute approximate surface area is 173 Å². The number of carbonyl (C=O) groups excluding carboxylic acids is 1. The van der Waals surface area contributed by atoms with Gasteiger partial charge < -0.3 is 14.1 Å². The van der Waals surface area contributed by atoms with Crippen LogP contribution in [-0.2, 0) is 24.1 Å². The lowest BCUT2D eigenvalue weighted by molar-refractivity contribution is -0.107. The molecule has 0 spiro atoms. The molecule has 3 rings (SSSR count). The highest BCUT2D eigenvalue weighted by atomic mass is 16.3. The smallest absolute Gasteiger partial charge is 0.134 e. The van der Waals surface area contributed by atoms with Gasteiger partial charge >= 0.3 is 0 Å². The van der Waals surface area contributed by atoms with Crippen molar-refractivity contribution in [2.24, 2.45) is 0 Å². The summed E-state index contributed by atoms with van der Waals surface area (Å²) in [4.78, 5) is 13.1. The van der Waals surface area contributed by atoms with Crippen molar-refractivity contribution in [3.05, 3.63) is 88.8 Å². The first-order valence-electron chi connectivity index (χ1n) is 9.96. The van der Waals surface area contributed by atoms with Gasteiger partial charge in [-0.3, -0.25) is 0 Å². The molecule has 0 aliphatic heterocycles. The van der Waals surface area contributed by atoms with Gasteiger partial charge in [-0.25, -0.2) is 0 Å². The fourth-order valence-corrected chi connectivity index (χ4v) is 3.80. The van der Waals surface area contributed by atoms with Crippen LogP contribution in [0.25, 0.3) is 16.5 Å². The number of aldehydes is 1. The molecule has 0 bridgehead atoms. The SMILES string of the molecule is C=C/C(=C\N(C)C)c1cc2c(CC=O)coc2cc1CCc1ccc(C)cc1C. The van der Waals surface area contributed by atoms with E-state index in [4.69, 9.17) is 4.42 Å². The molecule has 0 saturated carbocycles. The van der Waals surface area contributed by atoms with E-state index in [9.17, 15) is 4.79 Å². The van der Waals surface area contributed by atoms with E-state index in [0.29, 0.717) is 6.42 Å². The molecule has 0 amide bonds. The monoisotopic (exact) mass is 387 g/mol. The van der Waals surface area contributed by atoms with Gasteiger partial charge in [-0.1, -0.05) is 36.4 Å². The Bertz CT molecular complexity index is 1070. The predicted molar refractivity (Wildman–Crippen MR) is 121 cm³/mol. The zero-order valence-electron chi connectivity index (χ0n) is 17.8. The Morgan fingerprint density at radius 3 is 2.48 bits per heavy atom. The number of fused-ring (bicyclic) bond motifs is 1. The second kappa shape index (κ2) is 8.95. The first-order chi connectivity index (χ1) is 13.9. The molecular weight excluding hydrogens is 358 g/mol. The molecule has 0 N–H and O–H groups in total. The standard InChI is InChI=1S/C26H29NO2/c1-6-20(16-27(4)5)24-15-25-23(11-12-28)17-29-26(25)14-22(24)10-9-21-8-7-18(2)13-19(21)3/h6-8,12-17H,1,9-11H2,2-5H3/b20-16+. The summed E-state index contributed by atoms with van der Waals surface area (Å²) in [5, 5.41) is 0.994. The van der Waals surface area contributed by atoms with E-state index in [-0.39, 0.29) is 0 Å². The quantitative estimate of drug-likeness (QED) is 0.369. The minimum atomic E-state index is 0.356. The third kappa shape index (κ3) is 4.68. The van der Waals surface area contributed by atoms with E-state index in [2.05, 4.69) is 57.0 Å². The van der Waals surface area contributed by atoms with Crippen molar-refractivity contribution >= 4 is 22.8 Å². The number of hydrogen-bond acceptors (Lipinski definition) is 3. The summed E-state index contributed by atoms with van der Waals surface area (Å²) in [6, 6.07) is 10.9. The van der Waals surface area contributed by atoms with Crippen LogP contribution >= 0.6 is 0 Å². The van der Waals surface area contributed by atoms with Crippen LogP contribution in [0.1, 0.15) is 33.4 Å². The van der Waals surface area contributed by atoms with Gasteiger partial charge in [0.05, 0.1) is 6.26 Å². The lowest BCUT2D eigenvalue weighted by atomic mass is 9.92. The lowest BCUT2D eigenvalue weighted by Gasteiger charge is -2.15. The third-order valence-electron chi connectivity index (χ3n) is 5.27. The normalized spacial score (nSPS) is 11.7. The van der Waals surface area contributed by atoms with Gasteiger partial charge in [0.1, 0.15) is 11.9 Å². The summed E-state index contributed by atoms with van der Waals surface area (Å²) in [6.07, 6.45) is 8.79. The Morgan fingerprint density at radius 1 is 1.07 bits per heavy atom. The Kier molecular flexibility index (Phi) is 6.38. The molecular formula is C26H29NO2. The molecule has 1 heterocycles. The summed E-state index contributed by atoms with van der Waals surface area (Å²) in [5.74, 6) is 0. The van der Waals surface area contributed by atoms with Crippen LogP contribution < -0.4 is 0 Å². The largest absolute Gasteiger partial charge is 0.464 e. The molecule has 3 heteroatoms. The van der Waals surface area contributed by atoms with Crippen molar-refractivity contribution in [1.29, 1.82) is 0 Å². The first kappa shape index (κ1) is 20.7. The number of rotatable bonds is 8. The molecule has 0 aliphatic carbocycles. The number of benzene rings is 2. The fourth-order valence-electron chi connectivity index (χ4n) is 3.80. The average Bonchev–Trinajstić information content (AvgIpc) is 3.07. The minimum Gasteiger partial charge on any atom is -0.464 e. The van der Waals surface area contributed by atoms with Gasteiger partial charge in [-0.05, 0) is 66.6 Å². The zero-order chi connectivity index (χ0) is 21.0. The summed E-state index contributed by atoms with van der Waals surface area (Å²) >= 11 is 0.